The lowest BCUT2D eigenvalue weighted by molar-refractivity contribution is 0.282. The van der Waals surface area contributed by atoms with Gasteiger partial charge in [0.05, 0.1) is 12.8 Å². The number of aromatic amines is 1. The van der Waals surface area contributed by atoms with Crippen molar-refractivity contribution in [1.82, 2.24) is 20.2 Å². The highest BCUT2D eigenvalue weighted by molar-refractivity contribution is 6.28. The summed E-state index contributed by atoms with van der Waals surface area (Å²) in [6.07, 6.45) is 2.61. The Kier molecular flexibility index (Phi) is 3.24. The van der Waals surface area contributed by atoms with Gasteiger partial charge in [-0.05, 0) is 23.9 Å². The summed E-state index contributed by atoms with van der Waals surface area (Å²) in [5.41, 5.74) is 0.597. The van der Waals surface area contributed by atoms with Crippen LogP contribution in [0.15, 0.2) is 6.20 Å². The molecule has 0 radical (unpaired) electrons. The topological polar surface area (TPSA) is 63.7 Å². The normalized spacial score (nSPS) is 11.2. The lowest BCUT2D eigenvalue weighted by atomic mass is 10.1. The van der Waals surface area contributed by atoms with Gasteiger partial charge < -0.3 is 4.74 Å². The maximum Gasteiger partial charge on any atom is 0.229 e. The average molecular weight is 241 g/mol. The van der Waals surface area contributed by atoms with Gasteiger partial charge in [0.25, 0.3) is 0 Å². The summed E-state index contributed by atoms with van der Waals surface area (Å²) in [5.74, 6) is 1.08. The van der Waals surface area contributed by atoms with Gasteiger partial charge in [0.15, 0.2) is 5.65 Å². The van der Waals surface area contributed by atoms with E-state index in [-0.39, 0.29) is 5.28 Å². The van der Waals surface area contributed by atoms with Crippen LogP contribution >= 0.6 is 11.6 Å². The molecule has 0 aliphatic heterocycles. The predicted molar refractivity (Wildman–Crippen MR) is 61.6 cm³/mol. The largest absolute Gasteiger partial charge is 0.477 e. The third-order valence-corrected chi connectivity index (χ3v) is 2.35. The van der Waals surface area contributed by atoms with Crippen LogP contribution in [0, 0.1) is 5.92 Å². The number of halogens is 1. The Labute approximate surface area is 98.2 Å². The molecule has 0 unspecified atom stereocenters. The number of nitrogens with one attached hydrogen (secondary N) is 1. The van der Waals surface area contributed by atoms with Gasteiger partial charge in [-0.25, -0.2) is 0 Å². The van der Waals surface area contributed by atoms with Gasteiger partial charge in [0.1, 0.15) is 5.39 Å². The summed E-state index contributed by atoms with van der Waals surface area (Å²) in [5, 5.41) is 7.54. The Balaban J connectivity index is 2.19. The molecule has 6 heteroatoms. The van der Waals surface area contributed by atoms with Crippen LogP contribution in [0.1, 0.15) is 20.3 Å². The Hall–Kier alpha value is -1.36. The molecule has 0 saturated heterocycles. The molecule has 5 nitrogen and oxygen atoms in total. The minimum absolute atomic E-state index is 0.163. The molecule has 0 aromatic carbocycles. The Morgan fingerprint density at radius 1 is 1.44 bits per heavy atom. The van der Waals surface area contributed by atoms with E-state index in [1.54, 1.807) is 6.20 Å². The standard InChI is InChI=1S/C10H13ClN4O/c1-6(2)3-4-16-9-7-5-12-15-8(7)13-10(11)14-9/h5-6H,3-4H2,1-2H3,(H,12,13,14,15). The summed E-state index contributed by atoms with van der Waals surface area (Å²) in [6, 6.07) is 0. The highest BCUT2D eigenvalue weighted by Gasteiger charge is 2.09. The fourth-order valence-corrected chi connectivity index (χ4v) is 1.44. The lowest BCUT2D eigenvalue weighted by Gasteiger charge is -2.07. The first-order valence-corrected chi connectivity index (χ1v) is 5.54. The molecule has 0 saturated carbocycles. The van der Waals surface area contributed by atoms with E-state index < -0.39 is 0 Å². The molecule has 2 rings (SSSR count). The van der Waals surface area contributed by atoms with Crippen molar-refractivity contribution in [2.75, 3.05) is 6.61 Å². The number of hydrogen-bond acceptors (Lipinski definition) is 4. The van der Waals surface area contributed by atoms with Crippen LogP contribution < -0.4 is 4.74 Å². The van der Waals surface area contributed by atoms with Crippen LogP contribution in [0.25, 0.3) is 11.0 Å². The highest BCUT2D eigenvalue weighted by Crippen LogP contribution is 2.22. The smallest absolute Gasteiger partial charge is 0.229 e. The molecular weight excluding hydrogens is 228 g/mol. The quantitative estimate of drug-likeness (QED) is 0.834. The molecule has 0 amide bonds. The van der Waals surface area contributed by atoms with Crippen LogP contribution in [0.4, 0.5) is 0 Å². The molecule has 0 fully saturated rings. The molecule has 2 aromatic rings. The van der Waals surface area contributed by atoms with Crippen molar-refractivity contribution >= 4 is 22.6 Å². The van der Waals surface area contributed by atoms with Gasteiger partial charge in [-0.2, -0.15) is 15.1 Å². The van der Waals surface area contributed by atoms with E-state index in [0.29, 0.717) is 24.1 Å². The number of nitrogens with zero attached hydrogens (tertiary/aromatic N) is 3. The average Bonchev–Trinajstić information content (AvgIpc) is 2.64. The molecule has 16 heavy (non-hydrogen) atoms. The van der Waals surface area contributed by atoms with Crippen molar-refractivity contribution in [2.45, 2.75) is 20.3 Å². The van der Waals surface area contributed by atoms with E-state index in [4.69, 9.17) is 16.3 Å². The van der Waals surface area contributed by atoms with Crippen LogP contribution in [0.5, 0.6) is 5.88 Å². The number of hydrogen-bond donors (Lipinski definition) is 1. The Morgan fingerprint density at radius 2 is 2.25 bits per heavy atom. The molecule has 2 aromatic heterocycles. The number of aromatic nitrogens is 4. The second-order valence-electron chi connectivity index (χ2n) is 3.96. The van der Waals surface area contributed by atoms with Crippen molar-refractivity contribution in [2.24, 2.45) is 5.92 Å². The Bertz CT molecular complexity index is 483. The third kappa shape index (κ3) is 2.41. The monoisotopic (exact) mass is 240 g/mol. The molecule has 86 valence electrons. The number of fused-ring (bicyclic) bond motifs is 1. The number of rotatable bonds is 4. The van der Waals surface area contributed by atoms with Gasteiger partial charge in [-0.1, -0.05) is 13.8 Å². The predicted octanol–water partition coefficient (Wildman–Crippen LogP) is 2.43. The van der Waals surface area contributed by atoms with Crippen molar-refractivity contribution in [1.29, 1.82) is 0 Å². The minimum Gasteiger partial charge on any atom is -0.477 e. The van der Waals surface area contributed by atoms with E-state index >= 15 is 0 Å². The molecule has 0 bridgehead atoms. The maximum atomic E-state index is 5.77. The molecule has 0 aliphatic carbocycles. The van der Waals surface area contributed by atoms with Gasteiger partial charge >= 0.3 is 0 Å². The van der Waals surface area contributed by atoms with E-state index in [2.05, 4.69) is 34.0 Å². The van der Waals surface area contributed by atoms with Crippen molar-refractivity contribution in [3.8, 4) is 5.88 Å². The zero-order chi connectivity index (χ0) is 11.5. The van der Waals surface area contributed by atoms with E-state index in [1.807, 2.05) is 0 Å². The second kappa shape index (κ2) is 4.65. The highest BCUT2D eigenvalue weighted by atomic mass is 35.5. The fourth-order valence-electron chi connectivity index (χ4n) is 1.28. The van der Waals surface area contributed by atoms with Crippen LogP contribution in [-0.2, 0) is 0 Å². The summed E-state index contributed by atoms with van der Waals surface area (Å²) in [7, 11) is 0. The van der Waals surface area contributed by atoms with E-state index in [9.17, 15) is 0 Å². The maximum absolute atomic E-state index is 5.77. The van der Waals surface area contributed by atoms with Gasteiger partial charge in [-0.3, -0.25) is 5.10 Å². The number of H-pyrrole nitrogens is 1. The van der Waals surface area contributed by atoms with Crippen molar-refractivity contribution in [3.63, 3.8) is 0 Å². The zero-order valence-corrected chi connectivity index (χ0v) is 9.95. The first-order chi connectivity index (χ1) is 7.66. The first kappa shape index (κ1) is 11.1. The molecule has 0 spiro atoms. The summed E-state index contributed by atoms with van der Waals surface area (Å²) in [4.78, 5) is 8.04. The van der Waals surface area contributed by atoms with Crippen LogP contribution in [0.3, 0.4) is 0 Å². The first-order valence-electron chi connectivity index (χ1n) is 5.16. The fraction of sp³-hybridized carbons (Fsp3) is 0.500. The Morgan fingerprint density at radius 3 is 3.00 bits per heavy atom. The van der Waals surface area contributed by atoms with Crippen molar-refractivity contribution in [3.05, 3.63) is 11.5 Å². The summed E-state index contributed by atoms with van der Waals surface area (Å²) >= 11 is 5.77. The van der Waals surface area contributed by atoms with Gasteiger partial charge in [0, 0.05) is 0 Å². The molecular formula is C10H13ClN4O. The summed E-state index contributed by atoms with van der Waals surface area (Å²) < 4.78 is 5.57. The second-order valence-corrected chi connectivity index (χ2v) is 4.30. The zero-order valence-electron chi connectivity index (χ0n) is 9.20. The SMILES string of the molecule is CC(C)CCOc1nc(Cl)nc2[nH]ncc12. The molecule has 0 aliphatic rings. The van der Waals surface area contributed by atoms with E-state index in [0.717, 1.165) is 11.8 Å². The van der Waals surface area contributed by atoms with Crippen LogP contribution in [-0.4, -0.2) is 26.8 Å². The molecule has 0 atom stereocenters. The summed E-state index contributed by atoms with van der Waals surface area (Å²) in [6.45, 7) is 4.90. The molecule has 2 heterocycles. The van der Waals surface area contributed by atoms with E-state index in [1.165, 1.54) is 0 Å². The van der Waals surface area contributed by atoms with Gasteiger partial charge in [-0.15, -0.1) is 0 Å². The van der Waals surface area contributed by atoms with Crippen molar-refractivity contribution < 1.29 is 4.74 Å². The number of ether oxygens (including phenoxy) is 1. The van der Waals surface area contributed by atoms with Gasteiger partial charge in [0.2, 0.25) is 11.2 Å². The minimum atomic E-state index is 0.163. The molecule has 1 N–H and O–H groups in total. The van der Waals surface area contributed by atoms with Crippen LogP contribution in [0.2, 0.25) is 5.28 Å². The third-order valence-electron chi connectivity index (χ3n) is 2.18. The lowest BCUT2D eigenvalue weighted by Crippen LogP contribution is -2.03.